The first-order valence-corrected chi connectivity index (χ1v) is 12.4. The zero-order valence-corrected chi connectivity index (χ0v) is 22.0. The van der Waals surface area contributed by atoms with E-state index in [0.29, 0.717) is 5.01 Å². The van der Waals surface area contributed by atoms with Gasteiger partial charge in [-0.05, 0) is 20.8 Å². The smallest absolute Gasteiger partial charge is 0.429 e. The van der Waals surface area contributed by atoms with E-state index < -0.39 is 58.6 Å². The van der Waals surface area contributed by atoms with Crippen molar-refractivity contribution in [3.63, 3.8) is 0 Å². The van der Waals surface area contributed by atoms with Crippen LogP contribution in [-0.4, -0.2) is 69.2 Å². The normalized spacial score (nSPS) is 13.3. The lowest BCUT2D eigenvalue weighted by Gasteiger charge is -2.31. The second-order valence-electron chi connectivity index (χ2n) is 5.60. The molecule has 2 amide bonds. The summed E-state index contributed by atoms with van der Waals surface area (Å²) in [5, 5.41) is 0.393. The van der Waals surface area contributed by atoms with Gasteiger partial charge in [0.05, 0.1) is 19.4 Å². The Balaban J connectivity index is 5.79. The van der Waals surface area contributed by atoms with Gasteiger partial charge in [0, 0.05) is 0 Å². The first-order chi connectivity index (χ1) is 14.0. The third-order valence-electron chi connectivity index (χ3n) is 2.96. The van der Waals surface area contributed by atoms with Crippen molar-refractivity contribution < 1.29 is 37.5 Å². The van der Waals surface area contributed by atoms with Crippen LogP contribution in [0.5, 0.6) is 0 Å². The van der Waals surface area contributed by atoms with E-state index in [-0.39, 0.29) is 13.2 Å². The molecule has 0 aromatic heterocycles. The maximum atomic E-state index is 12.9. The SMILES string of the molecule is CCOP(=O)(CC(C(C)=O)N(NC(=O)OCC(Cl)(Cl)Cl)C(=O)OCC(Cl)(Cl)Cl)OCC. The molecule has 1 atom stereocenters. The molecule has 0 rings (SSSR count). The van der Waals surface area contributed by atoms with Crippen LogP contribution >= 0.6 is 77.2 Å². The van der Waals surface area contributed by atoms with Crippen LogP contribution in [0.2, 0.25) is 0 Å². The zero-order valence-electron chi connectivity index (χ0n) is 16.5. The maximum Gasteiger partial charge on any atom is 0.429 e. The summed E-state index contributed by atoms with van der Waals surface area (Å²) in [7, 11) is -3.86. The third kappa shape index (κ3) is 14.1. The molecule has 182 valence electrons. The van der Waals surface area contributed by atoms with Gasteiger partial charge in [-0.2, -0.15) is 0 Å². The summed E-state index contributed by atoms with van der Waals surface area (Å²) in [4.78, 5) is 36.9. The largest absolute Gasteiger partial charge is 0.444 e. The van der Waals surface area contributed by atoms with Crippen molar-refractivity contribution in [3.05, 3.63) is 0 Å². The molecule has 0 aromatic rings. The second kappa shape index (κ2) is 13.7. The van der Waals surface area contributed by atoms with Crippen molar-refractivity contribution >= 4 is 95.2 Å². The number of carbonyl (C=O) groups excluding carboxylic acids is 3. The van der Waals surface area contributed by atoms with Crippen LogP contribution in [0.15, 0.2) is 0 Å². The van der Waals surface area contributed by atoms with E-state index in [1.165, 1.54) is 0 Å². The lowest BCUT2D eigenvalue weighted by Crippen LogP contribution is -2.56. The summed E-state index contributed by atoms with van der Waals surface area (Å²) in [5.74, 6) is -0.716. The lowest BCUT2D eigenvalue weighted by atomic mass is 10.2. The molecular formula is C14H21Cl6N2O8P. The highest BCUT2D eigenvalue weighted by atomic mass is 35.6. The molecule has 0 saturated carbocycles. The van der Waals surface area contributed by atoms with Gasteiger partial charge < -0.3 is 18.5 Å². The van der Waals surface area contributed by atoms with Crippen molar-refractivity contribution in [1.29, 1.82) is 0 Å². The molecule has 1 N–H and O–H groups in total. The molecule has 0 fully saturated rings. The Labute approximate surface area is 209 Å². The maximum absolute atomic E-state index is 12.9. The molecule has 17 heteroatoms. The number of rotatable bonds is 10. The Bertz CT molecular complexity index is 662. The van der Waals surface area contributed by atoms with Gasteiger partial charge in [0.25, 0.3) is 0 Å². The fraction of sp³-hybridized carbons (Fsp3) is 0.786. The first kappa shape index (κ1) is 31.1. The number of Topliss-reactive ketones (excluding diaryl/α,β-unsaturated/α-hetero) is 1. The Morgan fingerprint density at radius 3 is 1.77 bits per heavy atom. The number of ketones is 1. The van der Waals surface area contributed by atoms with Crippen LogP contribution in [0.1, 0.15) is 20.8 Å². The molecule has 0 spiro atoms. The van der Waals surface area contributed by atoms with Gasteiger partial charge in [-0.15, -0.1) is 0 Å². The van der Waals surface area contributed by atoms with Crippen LogP contribution < -0.4 is 5.43 Å². The number of alkyl halides is 6. The van der Waals surface area contributed by atoms with Crippen molar-refractivity contribution in [2.45, 2.75) is 34.4 Å². The topological polar surface area (TPSA) is 120 Å². The summed E-state index contributed by atoms with van der Waals surface area (Å²) in [6.07, 6.45) is -3.26. The summed E-state index contributed by atoms with van der Waals surface area (Å²) in [6, 6.07) is -1.58. The van der Waals surface area contributed by atoms with E-state index in [2.05, 4.69) is 4.74 Å². The number of ether oxygens (including phenoxy) is 2. The minimum absolute atomic E-state index is 0.0155. The molecule has 0 aliphatic rings. The highest BCUT2D eigenvalue weighted by Crippen LogP contribution is 2.49. The fourth-order valence-corrected chi connectivity index (χ4v) is 4.13. The molecule has 0 saturated heterocycles. The Morgan fingerprint density at radius 2 is 1.39 bits per heavy atom. The predicted molar refractivity (Wildman–Crippen MR) is 118 cm³/mol. The number of hydrazine groups is 1. The van der Waals surface area contributed by atoms with E-state index in [4.69, 9.17) is 83.4 Å². The van der Waals surface area contributed by atoms with Gasteiger partial charge >= 0.3 is 19.8 Å². The second-order valence-corrected chi connectivity index (χ2v) is 12.7. The molecule has 10 nitrogen and oxygen atoms in total. The van der Waals surface area contributed by atoms with E-state index in [1.54, 1.807) is 13.8 Å². The summed E-state index contributed by atoms with van der Waals surface area (Å²) in [5.41, 5.74) is 1.95. The molecule has 0 bridgehead atoms. The van der Waals surface area contributed by atoms with Crippen molar-refractivity contribution in [1.82, 2.24) is 10.4 Å². The highest BCUT2D eigenvalue weighted by Gasteiger charge is 2.39. The predicted octanol–water partition coefficient (Wildman–Crippen LogP) is 5.03. The quantitative estimate of drug-likeness (QED) is 0.214. The number of hydrogen-bond donors (Lipinski definition) is 1. The van der Waals surface area contributed by atoms with Crippen LogP contribution in [0, 0.1) is 0 Å². The Morgan fingerprint density at radius 1 is 0.935 bits per heavy atom. The lowest BCUT2D eigenvalue weighted by molar-refractivity contribution is -0.122. The minimum atomic E-state index is -3.86. The van der Waals surface area contributed by atoms with Crippen molar-refractivity contribution in [2.24, 2.45) is 0 Å². The number of nitrogens with one attached hydrogen (secondary N) is 1. The van der Waals surface area contributed by atoms with Gasteiger partial charge in [-0.1, -0.05) is 69.6 Å². The van der Waals surface area contributed by atoms with Gasteiger partial charge in [0.15, 0.2) is 5.78 Å². The fourth-order valence-electron chi connectivity index (χ4n) is 1.88. The number of hydrogen-bond acceptors (Lipinski definition) is 8. The van der Waals surface area contributed by atoms with Gasteiger partial charge in [-0.3, -0.25) is 9.36 Å². The third-order valence-corrected chi connectivity index (χ3v) is 5.71. The number of halogens is 6. The summed E-state index contributed by atoms with van der Waals surface area (Å²) in [6.45, 7) is 2.70. The van der Waals surface area contributed by atoms with E-state index >= 15 is 0 Å². The molecule has 0 aliphatic carbocycles. The molecular weight excluding hydrogens is 568 g/mol. The molecule has 1 unspecified atom stereocenters. The van der Waals surface area contributed by atoms with E-state index in [1.807, 2.05) is 5.43 Å². The monoisotopic (exact) mass is 586 g/mol. The van der Waals surface area contributed by atoms with Crippen molar-refractivity contribution in [3.8, 4) is 0 Å². The molecule has 0 aromatic carbocycles. The van der Waals surface area contributed by atoms with Crippen LogP contribution in [-0.2, 0) is 27.9 Å². The van der Waals surface area contributed by atoms with Crippen LogP contribution in [0.4, 0.5) is 9.59 Å². The summed E-state index contributed by atoms with van der Waals surface area (Å²) >= 11 is 33.1. The molecule has 0 radical (unpaired) electrons. The Hall–Kier alpha value is 0.1000. The minimum Gasteiger partial charge on any atom is -0.444 e. The number of carbonyl (C=O) groups is 3. The Kier molecular flexibility index (Phi) is 13.8. The van der Waals surface area contributed by atoms with Gasteiger partial charge in [0.2, 0.25) is 7.59 Å². The van der Waals surface area contributed by atoms with E-state index in [9.17, 15) is 18.9 Å². The van der Waals surface area contributed by atoms with Gasteiger partial charge in [-0.25, -0.2) is 20.0 Å². The van der Waals surface area contributed by atoms with E-state index in [0.717, 1.165) is 6.92 Å². The van der Waals surface area contributed by atoms with Crippen molar-refractivity contribution in [2.75, 3.05) is 32.6 Å². The molecule has 31 heavy (non-hydrogen) atoms. The number of amides is 2. The van der Waals surface area contributed by atoms with Gasteiger partial charge in [0.1, 0.15) is 19.3 Å². The zero-order chi connectivity index (χ0) is 24.5. The molecule has 0 heterocycles. The van der Waals surface area contributed by atoms with Crippen LogP contribution in [0.25, 0.3) is 0 Å². The highest BCUT2D eigenvalue weighted by molar-refractivity contribution is 7.54. The first-order valence-electron chi connectivity index (χ1n) is 8.45. The average Bonchev–Trinajstić information content (AvgIpc) is 2.60. The average molecular weight is 589 g/mol. The standard InChI is InChI=1S/C14H21Cl6N2O8P/c1-4-29-31(26,30-5-2)6-10(9(3)23)22(12(25)28-8-14(18,19)20)21-11(24)27-7-13(15,16)17/h10H,4-8H2,1-3H3,(H,21,24). The summed E-state index contributed by atoms with van der Waals surface area (Å²) < 4.78 is 28.7. The van der Waals surface area contributed by atoms with Crippen LogP contribution in [0.3, 0.4) is 0 Å². The molecule has 0 aliphatic heterocycles. The number of nitrogens with zero attached hydrogens (tertiary/aromatic N) is 1.